The molecule has 0 aliphatic heterocycles. The molecule has 3 N–H and O–H groups in total. The molecule has 2 rings (SSSR count). The lowest BCUT2D eigenvalue weighted by Gasteiger charge is -2.15. The minimum atomic E-state index is -1.10. The summed E-state index contributed by atoms with van der Waals surface area (Å²) < 4.78 is 25.9. The van der Waals surface area contributed by atoms with Crippen LogP contribution in [0.1, 0.15) is 24.2 Å². The summed E-state index contributed by atoms with van der Waals surface area (Å²) in [5.41, 5.74) is 3.47. The van der Waals surface area contributed by atoms with Gasteiger partial charge in [0.2, 0.25) is 6.41 Å². The smallest absolute Gasteiger partial charge is 0.251 e. The van der Waals surface area contributed by atoms with Crippen LogP contribution in [0.15, 0.2) is 48.5 Å². The van der Waals surface area contributed by atoms with Gasteiger partial charge in [0.05, 0.1) is 6.04 Å². The predicted octanol–water partition coefficient (Wildman–Crippen LogP) is 3.09. The first-order valence-corrected chi connectivity index (χ1v) is 7.53. The lowest BCUT2D eigenvalue weighted by atomic mass is 10.0. The number of hydrogen-bond donors (Lipinski definition) is 3. The van der Waals surface area contributed by atoms with Gasteiger partial charge in [-0.15, -0.1) is 0 Å². The van der Waals surface area contributed by atoms with Gasteiger partial charge in [0.15, 0.2) is 0 Å². The highest BCUT2D eigenvalue weighted by atomic mass is 19.1. The Balaban J connectivity index is 0.000000705. The molecule has 0 radical (unpaired) electrons. The van der Waals surface area contributed by atoms with Gasteiger partial charge in [0.25, 0.3) is 5.91 Å². The second-order valence-electron chi connectivity index (χ2n) is 5.27. The first-order valence-electron chi connectivity index (χ1n) is 7.53. The van der Waals surface area contributed by atoms with Crippen LogP contribution in [-0.2, 0) is 4.79 Å². The van der Waals surface area contributed by atoms with Crippen molar-refractivity contribution in [2.45, 2.75) is 26.1 Å². The van der Waals surface area contributed by atoms with Crippen molar-refractivity contribution in [2.75, 3.05) is 0 Å². The van der Waals surface area contributed by atoms with Crippen molar-refractivity contribution in [2.24, 2.45) is 0 Å². The number of amides is 2. The lowest BCUT2D eigenvalue weighted by Crippen LogP contribution is -2.37. The van der Waals surface area contributed by atoms with E-state index in [1.54, 1.807) is 43.3 Å². The lowest BCUT2D eigenvalue weighted by molar-refractivity contribution is -0.116. The molecular weight excluding hydrogens is 330 g/mol. The third-order valence-corrected chi connectivity index (χ3v) is 3.43. The Kier molecular flexibility index (Phi) is 8.22. The first kappa shape index (κ1) is 20.2. The third-order valence-electron chi connectivity index (χ3n) is 3.43. The monoisotopic (exact) mass is 350 g/mol. The Hall–Kier alpha value is -2.80. The number of rotatable bonds is 5. The van der Waals surface area contributed by atoms with Gasteiger partial charge in [-0.05, 0) is 49.2 Å². The van der Waals surface area contributed by atoms with E-state index < -0.39 is 12.2 Å². The SMILES string of the molecule is CC(F)C(C)NC(=O)c1ccc(-c2ccc(F)cc2)cc1.O=CNO. The van der Waals surface area contributed by atoms with Crippen LogP contribution < -0.4 is 10.8 Å². The number of halogens is 2. The van der Waals surface area contributed by atoms with E-state index in [1.165, 1.54) is 24.5 Å². The molecule has 0 saturated carbocycles. The molecule has 2 aromatic carbocycles. The molecule has 134 valence electrons. The molecule has 2 aromatic rings. The molecule has 0 saturated heterocycles. The van der Waals surface area contributed by atoms with Crippen LogP contribution in [0.5, 0.6) is 0 Å². The normalized spacial score (nSPS) is 12.2. The van der Waals surface area contributed by atoms with Gasteiger partial charge in [0, 0.05) is 5.56 Å². The van der Waals surface area contributed by atoms with Gasteiger partial charge in [-0.2, -0.15) is 0 Å². The maximum Gasteiger partial charge on any atom is 0.251 e. The maximum absolute atomic E-state index is 13.0. The third kappa shape index (κ3) is 6.68. The van der Waals surface area contributed by atoms with Crippen LogP contribution in [0.25, 0.3) is 11.1 Å². The van der Waals surface area contributed by atoms with Crippen molar-refractivity contribution in [1.82, 2.24) is 10.8 Å². The number of alkyl halides is 1. The van der Waals surface area contributed by atoms with E-state index in [0.29, 0.717) is 5.56 Å². The number of carbonyl (C=O) groups excluding carboxylic acids is 2. The number of hydrogen-bond acceptors (Lipinski definition) is 3. The van der Waals surface area contributed by atoms with Crippen LogP contribution in [-0.4, -0.2) is 29.7 Å². The molecule has 0 aromatic heterocycles. The van der Waals surface area contributed by atoms with Gasteiger partial charge >= 0.3 is 0 Å². The zero-order valence-corrected chi connectivity index (χ0v) is 13.9. The van der Waals surface area contributed by atoms with Crippen LogP contribution in [0.2, 0.25) is 0 Å². The van der Waals surface area contributed by atoms with Crippen molar-refractivity contribution in [1.29, 1.82) is 0 Å². The Bertz CT molecular complexity index is 674. The van der Waals surface area contributed by atoms with Crippen molar-refractivity contribution in [3.8, 4) is 11.1 Å². The molecule has 2 unspecified atom stereocenters. The number of hydroxylamine groups is 1. The van der Waals surface area contributed by atoms with E-state index in [2.05, 4.69) is 5.32 Å². The topological polar surface area (TPSA) is 78.4 Å². The average Bonchev–Trinajstić information content (AvgIpc) is 2.62. The fourth-order valence-electron chi connectivity index (χ4n) is 1.86. The van der Waals surface area contributed by atoms with E-state index in [9.17, 15) is 13.6 Å². The van der Waals surface area contributed by atoms with Gasteiger partial charge in [0.1, 0.15) is 12.0 Å². The number of carbonyl (C=O) groups is 2. The Morgan fingerprint density at radius 3 is 1.88 bits per heavy atom. The zero-order valence-electron chi connectivity index (χ0n) is 13.9. The summed E-state index contributed by atoms with van der Waals surface area (Å²) in [6, 6.07) is 12.5. The number of nitrogens with one attached hydrogen (secondary N) is 2. The summed E-state index contributed by atoms with van der Waals surface area (Å²) in [5, 5.41) is 9.86. The summed E-state index contributed by atoms with van der Waals surface area (Å²) in [7, 11) is 0. The molecule has 0 aliphatic rings. The Morgan fingerprint density at radius 1 is 1.04 bits per heavy atom. The Morgan fingerprint density at radius 2 is 1.48 bits per heavy atom. The predicted molar refractivity (Wildman–Crippen MR) is 90.3 cm³/mol. The van der Waals surface area contributed by atoms with E-state index in [0.717, 1.165) is 11.1 Å². The summed E-state index contributed by atoms with van der Waals surface area (Å²) in [6.45, 7) is 3.03. The summed E-state index contributed by atoms with van der Waals surface area (Å²) >= 11 is 0. The molecule has 0 spiro atoms. The van der Waals surface area contributed by atoms with Crippen LogP contribution in [0, 0.1) is 5.82 Å². The van der Waals surface area contributed by atoms with Crippen LogP contribution >= 0.6 is 0 Å². The maximum atomic E-state index is 13.0. The van der Waals surface area contributed by atoms with Crippen molar-refractivity contribution < 1.29 is 23.6 Å². The van der Waals surface area contributed by atoms with Gasteiger partial charge in [-0.3, -0.25) is 14.8 Å². The van der Waals surface area contributed by atoms with Gasteiger partial charge < -0.3 is 5.32 Å². The largest absolute Gasteiger partial charge is 0.347 e. The molecule has 25 heavy (non-hydrogen) atoms. The van der Waals surface area contributed by atoms with Gasteiger partial charge in [-0.25, -0.2) is 14.3 Å². The van der Waals surface area contributed by atoms with E-state index in [1.807, 2.05) is 0 Å². The minimum absolute atomic E-state index is 0.181. The molecule has 2 amide bonds. The van der Waals surface area contributed by atoms with Crippen molar-refractivity contribution in [3.63, 3.8) is 0 Å². The highest BCUT2D eigenvalue weighted by molar-refractivity contribution is 5.94. The molecule has 0 fully saturated rings. The zero-order chi connectivity index (χ0) is 18.8. The van der Waals surface area contributed by atoms with E-state index >= 15 is 0 Å². The molecule has 7 heteroatoms. The van der Waals surface area contributed by atoms with Gasteiger partial charge in [-0.1, -0.05) is 24.3 Å². The fourth-order valence-corrected chi connectivity index (χ4v) is 1.86. The molecule has 5 nitrogen and oxygen atoms in total. The fraction of sp³-hybridized carbons (Fsp3) is 0.222. The van der Waals surface area contributed by atoms with E-state index in [-0.39, 0.29) is 18.1 Å². The number of benzene rings is 2. The highest BCUT2D eigenvalue weighted by Crippen LogP contribution is 2.20. The molecule has 2 atom stereocenters. The van der Waals surface area contributed by atoms with E-state index in [4.69, 9.17) is 10.0 Å². The van der Waals surface area contributed by atoms with Crippen LogP contribution in [0.4, 0.5) is 8.78 Å². The molecule has 0 aliphatic carbocycles. The van der Waals surface area contributed by atoms with Crippen molar-refractivity contribution >= 4 is 12.3 Å². The highest BCUT2D eigenvalue weighted by Gasteiger charge is 2.14. The van der Waals surface area contributed by atoms with Crippen LogP contribution in [0.3, 0.4) is 0 Å². The molecular formula is C18H20F2N2O3. The second kappa shape index (κ2) is 10.1. The molecule has 0 heterocycles. The summed E-state index contributed by atoms with van der Waals surface area (Å²) in [4.78, 5) is 20.7. The quantitative estimate of drug-likeness (QED) is 0.440. The first-order chi connectivity index (χ1) is 11.9. The molecule has 0 bridgehead atoms. The summed E-state index contributed by atoms with van der Waals surface area (Å²) in [5.74, 6) is -0.596. The average molecular weight is 350 g/mol. The standard InChI is InChI=1S/C17H17F2NO.CH3NO2/c1-11(18)12(2)20-17(21)15-5-3-13(4-6-15)14-7-9-16(19)10-8-14;3-1-2-4/h3-12H,1-2H3,(H,20,21);1,4H,(H,2,3). The Labute approximate surface area is 144 Å². The second-order valence-corrected chi connectivity index (χ2v) is 5.27. The minimum Gasteiger partial charge on any atom is -0.347 e. The summed E-state index contributed by atoms with van der Waals surface area (Å²) in [6.07, 6.45) is -0.924. The van der Waals surface area contributed by atoms with Crippen molar-refractivity contribution in [3.05, 3.63) is 59.9 Å².